The number of fused-ring (bicyclic) bond motifs is 1. The van der Waals surface area contributed by atoms with Gasteiger partial charge >= 0.3 is 0 Å². The Morgan fingerprint density at radius 3 is 2.80 bits per heavy atom. The van der Waals surface area contributed by atoms with Crippen LogP contribution >= 0.6 is 11.3 Å². The number of nitrogens with zero attached hydrogens (tertiary/aromatic N) is 4. The zero-order valence-corrected chi connectivity index (χ0v) is 12.4. The lowest BCUT2D eigenvalue weighted by molar-refractivity contribution is 0.332. The molecule has 0 atom stereocenters. The summed E-state index contributed by atoms with van der Waals surface area (Å²) in [7, 11) is -3.39. The largest absolute Gasteiger partial charge is 0.312 e. The molecular weight excluding hydrogens is 296 g/mol. The van der Waals surface area contributed by atoms with Crippen molar-refractivity contribution in [3.8, 4) is 0 Å². The van der Waals surface area contributed by atoms with Gasteiger partial charge in [0, 0.05) is 24.4 Å². The second kappa shape index (κ2) is 4.37. The third-order valence-corrected chi connectivity index (χ3v) is 6.50. The smallest absolute Gasteiger partial charge is 0.244 e. The average molecular weight is 310 g/mol. The van der Waals surface area contributed by atoms with E-state index in [9.17, 15) is 8.42 Å². The molecule has 8 heteroatoms. The zero-order valence-electron chi connectivity index (χ0n) is 10.8. The van der Waals surface area contributed by atoms with Gasteiger partial charge in [0.05, 0.1) is 11.4 Å². The lowest BCUT2D eigenvalue weighted by Crippen LogP contribution is -2.38. The first-order chi connectivity index (χ1) is 9.66. The molecule has 0 radical (unpaired) electrons. The van der Waals surface area contributed by atoms with E-state index in [1.807, 2.05) is 0 Å². The molecule has 2 aliphatic rings. The number of rotatable bonds is 3. The first kappa shape index (κ1) is 12.5. The second-order valence-electron chi connectivity index (χ2n) is 5.20. The molecule has 0 aromatic carbocycles. The summed E-state index contributed by atoms with van der Waals surface area (Å²) in [4.78, 5) is 0.373. The van der Waals surface area contributed by atoms with Gasteiger partial charge in [-0.25, -0.2) is 8.42 Å². The van der Waals surface area contributed by atoms with Crippen molar-refractivity contribution in [1.82, 2.24) is 19.1 Å². The normalized spacial score (nSPS) is 20.0. The minimum absolute atomic E-state index is 0.317. The van der Waals surface area contributed by atoms with E-state index in [2.05, 4.69) is 14.8 Å². The lowest BCUT2D eigenvalue weighted by atomic mass is 10.3. The van der Waals surface area contributed by atoms with Gasteiger partial charge < -0.3 is 4.57 Å². The van der Waals surface area contributed by atoms with Gasteiger partial charge in [0.25, 0.3) is 0 Å². The predicted octanol–water partition coefficient (Wildman–Crippen LogP) is 1.42. The maximum atomic E-state index is 12.5. The Morgan fingerprint density at radius 2 is 2.10 bits per heavy atom. The predicted molar refractivity (Wildman–Crippen MR) is 73.9 cm³/mol. The Morgan fingerprint density at radius 1 is 1.25 bits per heavy atom. The van der Waals surface area contributed by atoms with Crippen LogP contribution in [-0.4, -0.2) is 34.0 Å². The van der Waals surface area contributed by atoms with Gasteiger partial charge in [0.15, 0.2) is 0 Å². The highest BCUT2D eigenvalue weighted by Gasteiger charge is 2.35. The molecule has 1 aliphatic carbocycles. The van der Waals surface area contributed by atoms with Crippen molar-refractivity contribution in [1.29, 1.82) is 0 Å². The van der Waals surface area contributed by atoms with Crippen molar-refractivity contribution in [3.05, 3.63) is 28.5 Å². The minimum Gasteiger partial charge on any atom is -0.312 e. The third kappa shape index (κ3) is 1.90. The highest BCUT2D eigenvalue weighted by molar-refractivity contribution is 7.89. The standard InChI is InChI=1S/C12H14N4O2S2/c17-20(18,10-3-6-19-8-10)15-4-5-16-11(7-15)13-14-12(16)9-1-2-9/h3,6,8-9H,1-2,4-5,7H2. The topological polar surface area (TPSA) is 68.1 Å². The van der Waals surface area contributed by atoms with E-state index < -0.39 is 10.0 Å². The van der Waals surface area contributed by atoms with Gasteiger partial charge in [-0.1, -0.05) is 0 Å². The van der Waals surface area contributed by atoms with Gasteiger partial charge in [0.2, 0.25) is 10.0 Å². The number of hydrogen-bond acceptors (Lipinski definition) is 5. The highest BCUT2D eigenvalue weighted by Crippen LogP contribution is 2.39. The van der Waals surface area contributed by atoms with Gasteiger partial charge in [-0.15, -0.1) is 10.2 Å². The third-order valence-electron chi connectivity index (χ3n) is 3.82. The summed E-state index contributed by atoms with van der Waals surface area (Å²) in [5.74, 6) is 2.33. The molecule has 0 unspecified atom stereocenters. The molecule has 0 N–H and O–H groups in total. The molecule has 1 aliphatic heterocycles. The molecule has 0 spiro atoms. The Bertz CT molecular complexity index is 732. The average Bonchev–Trinajstić information content (AvgIpc) is 2.99. The van der Waals surface area contributed by atoms with Crippen LogP contribution in [0.2, 0.25) is 0 Å². The van der Waals surface area contributed by atoms with Crippen LogP contribution in [0.25, 0.3) is 0 Å². The fourth-order valence-electron chi connectivity index (χ4n) is 2.55. The van der Waals surface area contributed by atoms with Gasteiger partial charge in [-0.05, 0) is 24.3 Å². The molecule has 3 heterocycles. The molecule has 0 bridgehead atoms. The molecule has 0 amide bonds. The number of aromatic nitrogens is 3. The molecule has 106 valence electrons. The van der Waals surface area contributed by atoms with Crippen molar-refractivity contribution in [2.75, 3.05) is 6.54 Å². The summed E-state index contributed by atoms with van der Waals surface area (Å²) >= 11 is 1.39. The summed E-state index contributed by atoms with van der Waals surface area (Å²) in [6.45, 7) is 1.46. The van der Waals surface area contributed by atoms with E-state index >= 15 is 0 Å². The molecule has 6 nitrogen and oxygen atoms in total. The van der Waals surface area contributed by atoms with Gasteiger partial charge in [-0.2, -0.15) is 15.6 Å². The van der Waals surface area contributed by atoms with Gasteiger partial charge in [0.1, 0.15) is 11.6 Å². The van der Waals surface area contributed by atoms with Crippen LogP contribution in [-0.2, 0) is 23.1 Å². The van der Waals surface area contributed by atoms with Crippen molar-refractivity contribution in [2.45, 2.75) is 36.7 Å². The molecule has 2 aromatic heterocycles. The van der Waals surface area contributed by atoms with Crippen LogP contribution in [0.15, 0.2) is 21.7 Å². The van der Waals surface area contributed by atoms with Crippen molar-refractivity contribution in [2.24, 2.45) is 0 Å². The van der Waals surface area contributed by atoms with Gasteiger partial charge in [-0.3, -0.25) is 0 Å². The van der Waals surface area contributed by atoms with E-state index in [0.717, 1.165) is 11.6 Å². The molecule has 1 saturated carbocycles. The zero-order chi connectivity index (χ0) is 13.7. The van der Waals surface area contributed by atoms with Crippen LogP contribution in [0.5, 0.6) is 0 Å². The molecule has 4 rings (SSSR count). The lowest BCUT2D eigenvalue weighted by Gasteiger charge is -2.26. The first-order valence-corrected chi connectivity index (χ1v) is 8.99. The number of sulfonamides is 1. The quantitative estimate of drug-likeness (QED) is 0.860. The minimum atomic E-state index is -3.39. The van der Waals surface area contributed by atoms with Crippen LogP contribution in [0.4, 0.5) is 0 Å². The molecule has 2 aromatic rings. The van der Waals surface area contributed by atoms with Crippen molar-refractivity contribution in [3.63, 3.8) is 0 Å². The summed E-state index contributed by atoms with van der Waals surface area (Å²) in [6, 6.07) is 1.65. The SMILES string of the molecule is O=S(=O)(c1ccsc1)N1CCn2c(nnc2C2CC2)C1. The molecular formula is C12H14N4O2S2. The van der Waals surface area contributed by atoms with Crippen LogP contribution in [0.3, 0.4) is 0 Å². The Balaban J connectivity index is 1.64. The molecule has 20 heavy (non-hydrogen) atoms. The second-order valence-corrected chi connectivity index (χ2v) is 7.92. The number of thiophene rings is 1. The van der Waals surface area contributed by atoms with Crippen LogP contribution < -0.4 is 0 Å². The highest BCUT2D eigenvalue weighted by atomic mass is 32.2. The molecule has 0 saturated heterocycles. The van der Waals surface area contributed by atoms with Crippen molar-refractivity contribution >= 4 is 21.4 Å². The Hall–Kier alpha value is -1.25. The number of hydrogen-bond donors (Lipinski definition) is 0. The fraction of sp³-hybridized carbons (Fsp3) is 0.500. The van der Waals surface area contributed by atoms with E-state index in [4.69, 9.17) is 0 Å². The van der Waals surface area contributed by atoms with Crippen LogP contribution in [0, 0.1) is 0 Å². The van der Waals surface area contributed by atoms with E-state index in [0.29, 0.717) is 30.4 Å². The van der Waals surface area contributed by atoms with E-state index in [1.54, 1.807) is 16.8 Å². The summed E-state index contributed by atoms with van der Waals surface area (Å²) in [5.41, 5.74) is 0. The Labute approximate surface area is 121 Å². The fourth-order valence-corrected chi connectivity index (χ4v) is 4.96. The summed E-state index contributed by atoms with van der Waals surface area (Å²) in [6.07, 6.45) is 2.35. The Kier molecular flexibility index (Phi) is 2.73. The van der Waals surface area contributed by atoms with Crippen LogP contribution in [0.1, 0.15) is 30.4 Å². The monoisotopic (exact) mass is 310 g/mol. The maximum Gasteiger partial charge on any atom is 0.244 e. The van der Waals surface area contributed by atoms with Crippen molar-refractivity contribution < 1.29 is 8.42 Å². The maximum absolute atomic E-state index is 12.5. The van der Waals surface area contributed by atoms with E-state index in [1.165, 1.54) is 28.5 Å². The summed E-state index contributed by atoms with van der Waals surface area (Å²) in [5, 5.41) is 11.9. The molecule has 1 fully saturated rings. The summed E-state index contributed by atoms with van der Waals surface area (Å²) < 4.78 is 28.6. The first-order valence-electron chi connectivity index (χ1n) is 6.60. The van der Waals surface area contributed by atoms with E-state index in [-0.39, 0.29) is 0 Å².